The summed E-state index contributed by atoms with van der Waals surface area (Å²) in [6.07, 6.45) is 0.694. The van der Waals surface area contributed by atoms with Gasteiger partial charge in [0.1, 0.15) is 5.25 Å². The Balaban J connectivity index is 1.88. The Bertz CT molecular complexity index is 675. The molecule has 2 heterocycles. The van der Waals surface area contributed by atoms with Crippen molar-refractivity contribution in [2.45, 2.75) is 18.1 Å². The molecular formula is C13H14ClNO5S. The van der Waals surface area contributed by atoms with E-state index in [9.17, 15) is 13.2 Å². The molecule has 6 nitrogen and oxygen atoms in total. The summed E-state index contributed by atoms with van der Waals surface area (Å²) >= 11 is 0. The first-order valence-electron chi connectivity index (χ1n) is 6.58. The van der Waals surface area contributed by atoms with Gasteiger partial charge in [0.2, 0.25) is 15.0 Å². The number of ether oxygens (including phenoxy) is 2. The lowest BCUT2D eigenvalue weighted by molar-refractivity contribution is -0.117. The molecule has 2 aliphatic rings. The van der Waals surface area contributed by atoms with E-state index in [1.165, 1.54) is 4.90 Å². The Morgan fingerprint density at radius 2 is 1.90 bits per heavy atom. The van der Waals surface area contributed by atoms with Crippen molar-refractivity contribution in [1.29, 1.82) is 0 Å². The number of benzene rings is 1. The summed E-state index contributed by atoms with van der Waals surface area (Å²) in [6.45, 7) is 1.19. The van der Waals surface area contributed by atoms with Crippen LogP contribution in [0.4, 0.5) is 5.69 Å². The monoisotopic (exact) mass is 331 g/mol. The van der Waals surface area contributed by atoms with E-state index in [0.717, 1.165) is 6.42 Å². The maximum atomic E-state index is 12.0. The highest BCUT2D eigenvalue weighted by Crippen LogP contribution is 2.35. The minimum atomic E-state index is -3.75. The van der Waals surface area contributed by atoms with Crippen LogP contribution in [0, 0.1) is 0 Å². The van der Waals surface area contributed by atoms with Crippen molar-refractivity contribution in [2.75, 3.05) is 24.7 Å². The van der Waals surface area contributed by atoms with Crippen LogP contribution in [0.2, 0.25) is 0 Å². The summed E-state index contributed by atoms with van der Waals surface area (Å²) in [6, 6.07) is 5.14. The van der Waals surface area contributed by atoms with Crippen molar-refractivity contribution < 1.29 is 22.7 Å². The third-order valence-electron chi connectivity index (χ3n) is 3.53. The summed E-state index contributed by atoms with van der Waals surface area (Å²) in [4.78, 5) is 13.4. The molecule has 3 rings (SSSR count). The Kier molecular flexibility index (Phi) is 3.71. The number of anilines is 1. The summed E-state index contributed by atoms with van der Waals surface area (Å²) in [7, 11) is 1.60. The van der Waals surface area contributed by atoms with E-state index in [2.05, 4.69) is 0 Å². The van der Waals surface area contributed by atoms with Gasteiger partial charge in [-0.2, -0.15) is 0 Å². The van der Waals surface area contributed by atoms with Crippen molar-refractivity contribution in [2.24, 2.45) is 0 Å². The second kappa shape index (κ2) is 5.38. The van der Waals surface area contributed by atoms with Crippen LogP contribution in [0.5, 0.6) is 11.5 Å². The molecule has 114 valence electrons. The van der Waals surface area contributed by atoms with Gasteiger partial charge >= 0.3 is 0 Å². The minimum absolute atomic E-state index is 0.0598. The standard InChI is InChI=1S/C13H14ClNO5S/c14-21(17,18)10-7-13(16)15(8-10)9-2-3-11-12(6-9)20-5-1-4-19-11/h2-3,6,10H,1,4-5,7-8H2. The quantitative estimate of drug-likeness (QED) is 0.768. The average Bonchev–Trinajstić information content (AvgIpc) is 2.68. The Morgan fingerprint density at radius 3 is 2.57 bits per heavy atom. The number of fused-ring (bicyclic) bond motifs is 1. The molecular weight excluding hydrogens is 318 g/mol. The fraction of sp³-hybridized carbons (Fsp3) is 0.462. The molecule has 0 saturated carbocycles. The number of hydrogen-bond acceptors (Lipinski definition) is 5. The molecule has 0 radical (unpaired) electrons. The molecule has 0 aromatic heterocycles. The molecule has 0 spiro atoms. The number of hydrogen-bond donors (Lipinski definition) is 0. The van der Waals surface area contributed by atoms with Gasteiger partial charge in [0, 0.05) is 41.8 Å². The van der Waals surface area contributed by atoms with Crippen LogP contribution in [-0.4, -0.2) is 39.3 Å². The van der Waals surface area contributed by atoms with Crippen LogP contribution in [0.1, 0.15) is 12.8 Å². The second-order valence-electron chi connectivity index (χ2n) is 4.99. The lowest BCUT2D eigenvalue weighted by Crippen LogP contribution is -2.26. The van der Waals surface area contributed by atoms with Gasteiger partial charge in [-0.3, -0.25) is 4.79 Å². The van der Waals surface area contributed by atoms with Crippen LogP contribution >= 0.6 is 10.7 Å². The van der Waals surface area contributed by atoms with Gasteiger partial charge in [0.05, 0.1) is 13.2 Å². The largest absolute Gasteiger partial charge is 0.490 e. The molecule has 1 aromatic rings. The van der Waals surface area contributed by atoms with Crippen LogP contribution in [0.25, 0.3) is 0 Å². The fourth-order valence-electron chi connectivity index (χ4n) is 2.43. The van der Waals surface area contributed by atoms with Gasteiger partial charge in [-0.25, -0.2) is 8.42 Å². The van der Waals surface area contributed by atoms with E-state index in [-0.39, 0.29) is 18.9 Å². The van der Waals surface area contributed by atoms with E-state index in [1.54, 1.807) is 18.2 Å². The number of halogens is 1. The first kappa shape index (κ1) is 14.5. The van der Waals surface area contributed by atoms with Gasteiger partial charge in [0.25, 0.3) is 0 Å². The summed E-state index contributed by atoms with van der Waals surface area (Å²) in [5.74, 6) is 0.929. The lowest BCUT2D eigenvalue weighted by atomic mass is 10.2. The average molecular weight is 332 g/mol. The number of carbonyl (C=O) groups excluding carboxylic acids is 1. The highest BCUT2D eigenvalue weighted by Gasteiger charge is 2.38. The third kappa shape index (κ3) is 2.94. The second-order valence-corrected chi connectivity index (χ2v) is 7.90. The molecule has 0 aliphatic carbocycles. The Labute approximate surface area is 127 Å². The van der Waals surface area contributed by atoms with E-state index >= 15 is 0 Å². The maximum Gasteiger partial charge on any atom is 0.237 e. The molecule has 0 N–H and O–H groups in total. The number of rotatable bonds is 2. The maximum absolute atomic E-state index is 12.0. The number of carbonyl (C=O) groups is 1. The van der Waals surface area contributed by atoms with Crippen molar-refractivity contribution in [3.8, 4) is 11.5 Å². The lowest BCUT2D eigenvalue weighted by Gasteiger charge is -2.18. The van der Waals surface area contributed by atoms with Gasteiger partial charge in [-0.1, -0.05) is 0 Å². The Hall–Kier alpha value is -1.47. The van der Waals surface area contributed by atoms with Crippen molar-refractivity contribution in [1.82, 2.24) is 0 Å². The summed E-state index contributed by atoms with van der Waals surface area (Å²) in [5.41, 5.74) is 0.590. The summed E-state index contributed by atoms with van der Waals surface area (Å²) < 4.78 is 33.8. The van der Waals surface area contributed by atoms with Crippen LogP contribution in [0.15, 0.2) is 18.2 Å². The topological polar surface area (TPSA) is 72.9 Å². The Morgan fingerprint density at radius 1 is 1.19 bits per heavy atom. The molecule has 1 amide bonds. The zero-order valence-electron chi connectivity index (χ0n) is 11.1. The zero-order valence-corrected chi connectivity index (χ0v) is 12.7. The predicted octanol–water partition coefficient (Wildman–Crippen LogP) is 1.52. The highest BCUT2D eigenvalue weighted by molar-refractivity contribution is 8.14. The van der Waals surface area contributed by atoms with Crippen molar-refractivity contribution in [3.05, 3.63) is 18.2 Å². The normalized spacial score (nSPS) is 22.2. The first-order chi connectivity index (χ1) is 9.95. The van der Waals surface area contributed by atoms with E-state index in [4.69, 9.17) is 20.2 Å². The number of amides is 1. The van der Waals surface area contributed by atoms with Gasteiger partial charge in [-0.05, 0) is 12.1 Å². The molecule has 1 aromatic carbocycles. The predicted molar refractivity (Wildman–Crippen MR) is 77.6 cm³/mol. The van der Waals surface area contributed by atoms with Gasteiger partial charge < -0.3 is 14.4 Å². The van der Waals surface area contributed by atoms with Crippen LogP contribution < -0.4 is 14.4 Å². The molecule has 1 atom stereocenters. The molecule has 1 saturated heterocycles. The molecule has 8 heteroatoms. The van der Waals surface area contributed by atoms with Crippen molar-refractivity contribution >= 4 is 31.3 Å². The number of nitrogens with zero attached hydrogens (tertiary/aromatic N) is 1. The third-order valence-corrected chi connectivity index (χ3v) is 5.40. The zero-order chi connectivity index (χ0) is 15.0. The van der Waals surface area contributed by atoms with Gasteiger partial charge in [-0.15, -0.1) is 0 Å². The van der Waals surface area contributed by atoms with Crippen LogP contribution in [0.3, 0.4) is 0 Å². The SMILES string of the molecule is O=C1CC(S(=O)(=O)Cl)CN1c1ccc2c(c1)OCCCO2. The molecule has 1 fully saturated rings. The molecule has 2 aliphatic heterocycles. The molecule has 0 bridgehead atoms. The van der Waals surface area contributed by atoms with Crippen LogP contribution in [-0.2, 0) is 13.8 Å². The molecule has 1 unspecified atom stereocenters. The van der Waals surface area contributed by atoms with E-state index in [1.807, 2.05) is 0 Å². The summed E-state index contributed by atoms with van der Waals surface area (Å²) in [5, 5.41) is -0.873. The molecule has 21 heavy (non-hydrogen) atoms. The highest BCUT2D eigenvalue weighted by atomic mass is 35.7. The minimum Gasteiger partial charge on any atom is -0.490 e. The smallest absolute Gasteiger partial charge is 0.237 e. The van der Waals surface area contributed by atoms with E-state index in [0.29, 0.717) is 30.4 Å². The first-order valence-corrected chi connectivity index (χ1v) is 8.96. The van der Waals surface area contributed by atoms with Crippen molar-refractivity contribution in [3.63, 3.8) is 0 Å². The fourth-order valence-corrected chi connectivity index (χ4v) is 3.46. The van der Waals surface area contributed by atoms with Gasteiger partial charge in [0.15, 0.2) is 11.5 Å². The van der Waals surface area contributed by atoms with E-state index < -0.39 is 14.3 Å².